The molecule has 0 saturated carbocycles. The van der Waals surface area contributed by atoms with E-state index in [1.165, 1.54) is 6.33 Å². The number of hydrogen-bond donors (Lipinski definition) is 3. The molecule has 0 aliphatic rings. The summed E-state index contributed by atoms with van der Waals surface area (Å²) >= 11 is 0. The standard InChI is InChI=1S/C6H10N4O/c7-5-3-6(8-1-2-11)10-4-9-5/h3-4,11H,1-2H2,(H3,7,8,9,10). The van der Waals surface area contributed by atoms with Crippen LogP contribution < -0.4 is 11.1 Å². The predicted molar refractivity (Wildman–Crippen MR) is 42.0 cm³/mol. The maximum Gasteiger partial charge on any atom is 0.131 e. The Balaban J connectivity index is 2.56. The highest BCUT2D eigenvalue weighted by Gasteiger charge is 1.92. The summed E-state index contributed by atoms with van der Waals surface area (Å²) in [5.41, 5.74) is 5.38. The first kappa shape index (κ1) is 7.74. The zero-order valence-corrected chi connectivity index (χ0v) is 5.99. The largest absolute Gasteiger partial charge is 0.395 e. The van der Waals surface area contributed by atoms with E-state index in [9.17, 15) is 0 Å². The number of anilines is 2. The average Bonchev–Trinajstić information content (AvgIpc) is 2.01. The van der Waals surface area contributed by atoms with Crippen LogP contribution in [0.1, 0.15) is 0 Å². The number of nitrogens with two attached hydrogens (primary N) is 1. The summed E-state index contributed by atoms with van der Waals surface area (Å²) in [6, 6.07) is 1.61. The molecule has 4 N–H and O–H groups in total. The molecule has 1 aromatic rings. The molecule has 0 unspecified atom stereocenters. The van der Waals surface area contributed by atoms with Gasteiger partial charge in [0.15, 0.2) is 0 Å². The van der Waals surface area contributed by atoms with Crippen LogP contribution in [0.4, 0.5) is 11.6 Å². The van der Waals surface area contributed by atoms with Gasteiger partial charge >= 0.3 is 0 Å². The van der Waals surface area contributed by atoms with Crippen LogP contribution in [0, 0.1) is 0 Å². The van der Waals surface area contributed by atoms with E-state index < -0.39 is 0 Å². The van der Waals surface area contributed by atoms with Crippen LogP contribution in [0.2, 0.25) is 0 Å². The summed E-state index contributed by atoms with van der Waals surface area (Å²) in [5, 5.41) is 11.3. The molecular formula is C6H10N4O. The molecule has 5 heteroatoms. The second kappa shape index (κ2) is 3.72. The van der Waals surface area contributed by atoms with Gasteiger partial charge in [0.1, 0.15) is 18.0 Å². The van der Waals surface area contributed by atoms with E-state index in [0.717, 1.165) is 0 Å². The number of nitrogens with zero attached hydrogens (tertiary/aromatic N) is 2. The maximum absolute atomic E-state index is 8.46. The van der Waals surface area contributed by atoms with Crippen molar-refractivity contribution in [3.8, 4) is 0 Å². The molecule has 60 valence electrons. The molecule has 0 aliphatic carbocycles. The van der Waals surface area contributed by atoms with Gasteiger partial charge in [0.25, 0.3) is 0 Å². The van der Waals surface area contributed by atoms with Gasteiger partial charge in [0.05, 0.1) is 6.61 Å². The third kappa shape index (κ3) is 2.38. The number of aliphatic hydroxyl groups excluding tert-OH is 1. The zero-order chi connectivity index (χ0) is 8.10. The molecule has 0 aromatic carbocycles. The Labute approximate surface area is 64.3 Å². The Hall–Kier alpha value is -1.36. The molecule has 1 rings (SSSR count). The molecule has 0 bridgehead atoms. The van der Waals surface area contributed by atoms with Gasteiger partial charge in [-0.25, -0.2) is 9.97 Å². The molecule has 0 spiro atoms. The summed E-state index contributed by atoms with van der Waals surface area (Å²) in [6.45, 7) is 0.542. The van der Waals surface area contributed by atoms with E-state index in [1.54, 1.807) is 6.07 Å². The summed E-state index contributed by atoms with van der Waals surface area (Å²) in [4.78, 5) is 7.58. The van der Waals surface area contributed by atoms with Gasteiger partial charge in [0, 0.05) is 12.6 Å². The molecule has 0 amide bonds. The van der Waals surface area contributed by atoms with E-state index in [4.69, 9.17) is 10.8 Å². The number of nitrogen functional groups attached to an aromatic ring is 1. The smallest absolute Gasteiger partial charge is 0.131 e. The molecular weight excluding hydrogens is 144 g/mol. The van der Waals surface area contributed by atoms with Gasteiger partial charge < -0.3 is 16.2 Å². The normalized spacial score (nSPS) is 9.55. The lowest BCUT2D eigenvalue weighted by Crippen LogP contribution is -2.07. The molecule has 5 nitrogen and oxygen atoms in total. The van der Waals surface area contributed by atoms with Crippen LogP contribution >= 0.6 is 0 Å². The van der Waals surface area contributed by atoms with E-state index in [2.05, 4.69) is 15.3 Å². The van der Waals surface area contributed by atoms with E-state index in [-0.39, 0.29) is 6.61 Å². The van der Waals surface area contributed by atoms with Gasteiger partial charge in [-0.3, -0.25) is 0 Å². The van der Waals surface area contributed by atoms with Crippen LogP contribution in [0.15, 0.2) is 12.4 Å². The zero-order valence-electron chi connectivity index (χ0n) is 5.99. The Morgan fingerprint density at radius 3 is 3.00 bits per heavy atom. The molecule has 0 radical (unpaired) electrons. The van der Waals surface area contributed by atoms with Crippen molar-refractivity contribution in [2.75, 3.05) is 24.2 Å². The Morgan fingerprint density at radius 1 is 1.55 bits per heavy atom. The third-order valence-corrected chi connectivity index (χ3v) is 1.11. The van der Waals surface area contributed by atoms with E-state index in [1.807, 2.05) is 0 Å². The molecule has 0 atom stereocenters. The highest BCUT2D eigenvalue weighted by molar-refractivity contribution is 5.42. The number of hydrogen-bond acceptors (Lipinski definition) is 5. The number of aliphatic hydroxyl groups is 1. The van der Waals surface area contributed by atoms with Crippen molar-refractivity contribution in [1.29, 1.82) is 0 Å². The van der Waals surface area contributed by atoms with Crippen LogP contribution in [-0.2, 0) is 0 Å². The Morgan fingerprint density at radius 2 is 2.36 bits per heavy atom. The first-order chi connectivity index (χ1) is 5.33. The lowest BCUT2D eigenvalue weighted by molar-refractivity contribution is 0.311. The summed E-state index contributed by atoms with van der Waals surface area (Å²) in [6.07, 6.45) is 1.37. The molecule has 0 saturated heterocycles. The third-order valence-electron chi connectivity index (χ3n) is 1.11. The minimum Gasteiger partial charge on any atom is -0.395 e. The molecule has 0 fully saturated rings. The van der Waals surface area contributed by atoms with Gasteiger partial charge in [-0.1, -0.05) is 0 Å². The summed E-state index contributed by atoms with van der Waals surface area (Å²) in [5.74, 6) is 1.05. The number of rotatable bonds is 3. The van der Waals surface area contributed by atoms with Crippen molar-refractivity contribution in [3.63, 3.8) is 0 Å². The van der Waals surface area contributed by atoms with Gasteiger partial charge in [-0.05, 0) is 0 Å². The number of aromatic nitrogens is 2. The Kier molecular flexibility index (Phi) is 2.62. The van der Waals surface area contributed by atoms with Crippen molar-refractivity contribution in [2.24, 2.45) is 0 Å². The van der Waals surface area contributed by atoms with Crippen LogP contribution in [0.25, 0.3) is 0 Å². The van der Waals surface area contributed by atoms with Crippen molar-refractivity contribution >= 4 is 11.6 Å². The van der Waals surface area contributed by atoms with Crippen molar-refractivity contribution in [2.45, 2.75) is 0 Å². The monoisotopic (exact) mass is 154 g/mol. The first-order valence-corrected chi connectivity index (χ1v) is 3.25. The van der Waals surface area contributed by atoms with Gasteiger partial charge in [0.2, 0.25) is 0 Å². The van der Waals surface area contributed by atoms with Crippen LogP contribution in [-0.4, -0.2) is 28.2 Å². The fourth-order valence-electron chi connectivity index (χ4n) is 0.653. The quantitative estimate of drug-likeness (QED) is 0.544. The van der Waals surface area contributed by atoms with Crippen molar-refractivity contribution < 1.29 is 5.11 Å². The van der Waals surface area contributed by atoms with Gasteiger partial charge in [-0.15, -0.1) is 0 Å². The Bertz CT molecular complexity index is 228. The fraction of sp³-hybridized carbons (Fsp3) is 0.333. The average molecular weight is 154 g/mol. The van der Waals surface area contributed by atoms with Gasteiger partial charge in [-0.2, -0.15) is 0 Å². The fourth-order valence-corrected chi connectivity index (χ4v) is 0.653. The van der Waals surface area contributed by atoms with Crippen molar-refractivity contribution in [1.82, 2.24) is 9.97 Å². The minimum atomic E-state index is 0.0733. The topological polar surface area (TPSA) is 84.1 Å². The SMILES string of the molecule is Nc1cc(NCCO)ncn1. The highest BCUT2D eigenvalue weighted by Crippen LogP contribution is 2.03. The predicted octanol–water partition coefficient (Wildman–Crippen LogP) is -0.537. The maximum atomic E-state index is 8.46. The molecule has 11 heavy (non-hydrogen) atoms. The molecule has 0 aliphatic heterocycles. The lowest BCUT2D eigenvalue weighted by Gasteiger charge is -2.01. The highest BCUT2D eigenvalue weighted by atomic mass is 16.3. The van der Waals surface area contributed by atoms with Crippen LogP contribution in [0.3, 0.4) is 0 Å². The first-order valence-electron chi connectivity index (χ1n) is 3.25. The summed E-state index contributed by atoms with van der Waals surface area (Å²) < 4.78 is 0. The molecule has 1 heterocycles. The lowest BCUT2D eigenvalue weighted by atomic mass is 10.5. The van der Waals surface area contributed by atoms with Crippen molar-refractivity contribution in [3.05, 3.63) is 12.4 Å². The van der Waals surface area contributed by atoms with E-state index >= 15 is 0 Å². The van der Waals surface area contributed by atoms with E-state index in [0.29, 0.717) is 18.2 Å². The number of nitrogens with one attached hydrogen (secondary N) is 1. The summed E-state index contributed by atoms with van der Waals surface area (Å²) in [7, 11) is 0. The minimum absolute atomic E-state index is 0.0733. The second-order valence-electron chi connectivity index (χ2n) is 1.98. The second-order valence-corrected chi connectivity index (χ2v) is 1.98. The molecule has 1 aromatic heterocycles. The van der Waals surface area contributed by atoms with Crippen LogP contribution in [0.5, 0.6) is 0 Å².